The Morgan fingerprint density at radius 3 is 2.38 bits per heavy atom. The maximum absolute atomic E-state index is 11.7. The molecular weight excluding hydrogens is 250 g/mol. The Bertz CT molecular complexity index is 344. The summed E-state index contributed by atoms with van der Waals surface area (Å²) >= 11 is 5.45. The van der Waals surface area contributed by atoms with E-state index in [0.29, 0.717) is 32.6 Å². The van der Waals surface area contributed by atoms with Crippen LogP contribution >= 0.6 is 11.6 Å². The van der Waals surface area contributed by atoms with Crippen LogP contribution in [-0.4, -0.2) is 62.0 Å². The monoisotopic (exact) mass is 265 g/mol. The van der Waals surface area contributed by atoms with E-state index in [-0.39, 0.29) is 11.6 Å². The Labute approximate surface area is 102 Å². The minimum Gasteiger partial charge on any atom is -0.300 e. The van der Waals surface area contributed by atoms with Crippen molar-refractivity contribution in [1.29, 1.82) is 5.26 Å². The summed E-state index contributed by atoms with van der Waals surface area (Å²) in [5, 5.41) is 8.45. The first kappa shape index (κ1) is 13.7. The van der Waals surface area contributed by atoms with Gasteiger partial charge < -0.3 is 0 Å². The fourth-order valence-electron chi connectivity index (χ4n) is 1.67. The topological polar surface area (TPSA) is 64.4 Å². The molecule has 92 valence electrons. The summed E-state index contributed by atoms with van der Waals surface area (Å²) in [6.45, 7) is 3.13. The van der Waals surface area contributed by atoms with Gasteiger partial charge in [0.25, 0.3) is 0 Å². The number of alkyl halides is 1. The Hall–Kier alpha value is -0.350. The number of nitriles is 1. The van der Waals surface area contributed by atoms with Crippen molar-refractivity contribution in [3.05, 3.63) is 0 Å². The lowest BCUT2D eigenvalue weighted by atomic mass is 10.3. The fourth-order valence-corrected chi connectivity index (χ4v) is 3.42. The smallest absolute Gasteiger partial charge is 0.215 e. The Morgan fingerprint density at radius 1 is 1.25 bits per heavy atom. The van der Waals surface area contributed by atoms with Crippen LogP contribution in [-0.2, 0) is 10.0 Å². The zero-order valence-electron chi connectivity index (χ0n) is 9.10. The van der Waals surface area contributed by atoms with E-state index < -0.39 is 10.0 Å². The van der Waals surface area contributed by atoms with Crippen LogP contribution in [0.15, 0.2) is 0 Å². The normalized spacial score (nSPS) is 19.5. The zero-order valence-corrected chi connectivity index (χ0v) is 10.7. The maximum Gasteiger partial charge on any atom is 0.215 e. The molecule has 0 radical (unpaired) electrons. The van der Waals surface area contributed by atoms with E-state index in [4.69, 9.17) is 16.9 Å². The molecule has 1 fully saturated rings. The van der Waals surface area contributed by atoms with Crippen LogP contribution in [0.2, 0.25) is 0 Å². The SMILES string of the molecule is N#CCCN1CCN(S(=O)(=O)CCCl)CC1. The molecule has 0 amide bonds. The highest BCUT2D eigenvalue weighted by atomic mass is 35.5. The van der Waals surface area contributed by atoms with Crippen molar-refractivity contribution in [2.75, 3.05) is 44.4 Å². The van der Waals surface area contributed by atoms with E-state index in [0.717, 1.165) is 6.54 Å². The summed E-state index contributed by atoms with van der Waals surface area (Å²) in [7, 11) is -3.17. The van der Waals surface area contributed by atoms with E-state index in [1.165, 1.54) is 4.31 Å². The Morgan fingerprint density at radius 2 is 1.88 bits per heavy atom. The van der Waals surface area contributed by atoms with Crippen LogP contribution in [0.3, 0.4) is 0 Å². The largest absolute Gasteiger partial charge is 0.300 e. The first-order valence-electron chi connectivity index (χ1n) is 5.23. The minimum atomic E-state index is -3.17. The van der Waals surface area contributed by atoms with E-state index in [9.17, 15) is 8.42 Å². The maximum atomic E-state index is 11.7. The lowest BCUT2D eigenvalue weighted by Crippen LogP contribution is -2.49. The molecule has 0 aromatic heterocycles. The molecule has 0 aliphatic carbocycles. The van der Waals surface area contributed by atoms with Crippen molar-refractivity contribution in [2.45, 2.75) is 6.42 Å². The molecule has 0 N–H and O–H groups in total. The zero-order chi connectivity index (χ0) is 12.0. The van der Waals surface area contributed by atoms with E-state index in [1.807, 2.05) is 0 Å². The van der Waals surface area contributed by atoms with E-state index >= 15 is 0 Å². The average molecular weight is 266 g/mol. The van der Waals surface area contributed by atoms with Crippen LogP contribution in [0, 0.1) is 11.3 Å². The number of hydrogen-bond donors (Lipinski definition) is 0. The molecule has 0 bridgehead atoms. The molecule has 0 saturated carbocycles. The van der Waals surface area contributed by atoms with Gasteiger partial charge in [-0.15, -0.1) is 11.6 Å². The molecule has 1 aliphatic heterocycles. The van der Waals surface area contributed by atoms with Crippen LogP contribution in [0.1, 0.15) is 6.42 Å². The molecule has 0 unspecified atom stereocenters. The van der Waals surface area contributed by atoms with Crippen LogP contribution < -0.4 is 0 Å². The lowest BCUT2D eigenvalue weighted by molar-refractivity contribution is 0.192. The Balaban J connectivity index is 2.40. The highest BCUT2D eigenvalue weighted by molar-refractivity contribution is 7.89. The fraction of sp³-hybridized carbons (Fsp3) is 0.889. The van der Waals surface area contributed by atoms with Gasteiger partial charge in [0, 0.05) is 45.0 Å². The second-order valence-corrected chi connectivity index (χ2v) is 6.12. The summed E-state index contributed by atoms with van der Waals surface area (Å²) in [5.41, 5.74) is 0. The molecule has 1 rings (SSSR count). The van der Waals surface area contributed by atoms with Gasteiger partial charge >= 0.3 is 0 Å². The lowest BCUT2D eigenvalue weighted by Gasteiger charge is -2.33. The summed E-state index contributed by atoms with van der Waals surface area (Å²) in [4.78, 5) is 2.11. The van der Waals surface area contributed by atoms with Gasteiger partial charge in [0.05, 0.1) is 11.8 Å². The van der Waals surface area contributed by atoms with E-state index in [1.54, 1.807) is 0 Å². The number of sulfonamides is 1. The van der Waals surface area contributed by atoms with Crippen LogP contribution in [0.25, 0.3) is 0 Å². The van der Waals surface area contributed by atoms with E-state index in [2.05, 4.69) is 11.0 Å². The summed E-state index contributed by atoms with van der Waals surface area (Å²) in [5.74, 6) is 0.143. The molecule has 0 aromatic rings. The highest BCUT2D eigenvalue weighted by Crippen LogP contribution is 2.08. The molecule has 16 heavy (non-hydrogen) atoms. The average Bonchev–Trinajstić information content (AvgIpc) is 2.27. The van der Waals surface area contributed by atoms with Gasteiger partial charge in [-0.3, -0.25) is 4.90 Å². The van der Waals surface area contributed by atoms with Gasteiger partial charge in [-0.1, -0.05) is 0 Å². The minimum absolute atomic E-state index is 0.00670. The third-order valence-electron chi connectivity index (χ3n) is 2.60. The third kappa shape index (κ3) is 3.91. The van der Waals surface area contributed by atoms with Gasteiger partial charge in [0.15, 0.2) is 0 Å². The number of piperazine rings is 1. The highest BCUT2D eigenvalue weighted by Gasteiger charge is 2.25. The number of rotatable bonds is 5. The van der Waals surface area contributed by atoms with Crippen molar-refractivity contribution >= 4 is 21.6 Å². The first-order valence-corrected chi connectivity index (χ1v) is 7.37. The molecular formula is C9H16ClN3O2S. The van der Waals surface area contributed by atoms with Crippen molar-refractivity contribution < 1.29 is 8.42 Å². The number of nitrogens with zero attached hydrogens (tertiary/aromatic N) is 3. The standard InChI is InChI=1S/C9H16ClN3O2S/c10-2-9-16(14,15)13-7-5-12(6-8-13)4-1-3-11/h1-2,4-9H2. The first-order chi connectivity index (χ1) is 7.60. The second kappa shape index (κ2) is 6.40. The van der Waals surface area contributed by atoms with Crippen molar-refractivity contribution in [3.63, 3.8) is 0 Å². The van der Waals surface area contributed by atoms with Gasteiger partial charge in [0.1, 0.15) is 0 Å². The van der Waals surface area contributed by atoms with Crippen molar-refractivity contribution in [2.24, 2.45) is 0 Å². The molecule has 1 heterocycles. The molecule has 0 spiro atoms. The van der Waals surface area contributed by atoms with Crippen molar-refractivity contribution in [1.82, 2.24) is 9.21 Å². The van der Waals surface area contributed by atoms with Gasteiger partial charge in [0.2, 0.25) is 10.0 Å². The van der Waals surface area contributed by atoms with Gasteiger partial charge in [-0.25, -0.2) is 8.42 Å². The number of hydrogen-bond acceptors (Lipinski definition) is 4. The number of halogens is 1. The molecule has 5 nitrogen and oxygen atoms in total. The van der Waals surface area contributed by atoms with Gasteiger partial charge in [-0.05, 0) is 0 Å². The molecule has 1 aliphatic rings. The summed E-state index contributed by atoms with van der Waals surface area (Å²) in [6.07, 6.45) is 0.494. The van der Waals surface area contributed by atoms with Gasteiger partial charge in [-0.2, -0.15) is 9.57 Å². The molecule has 1 saturated heterocycles. The molecule has 0 aromatic carbocycles. The molecule has 7 heteroatoms. The van der Waals surface area contributed by atoms with Crippen LogP contribution in [0.4, 0.5) is 0 Å². The Kier molecular flexibility index (Phi) is 5.49. The third-order valence-corrected chi connectivity index (χ3v) is 4.88. The second-order valence-electron chi connectivity index (χ2n) is 3.65. The predicted octanol–water partition coefficient (Wildman–Crippen LogP) is 0.0863. The summed E-state index contributed by atoms with van der Waals surface area (Å²) < 4.78 is 24.8. The van der Waals surface area contributed by atoms with Crippen LogP contribution in [0.5, 0.6) is 0 Å². The van der Waals surface area contributed by atoms with Crippen molar-refractivity contribution in [3.8, 4) is 6.07 Å². The summed E-state index contributed by atoms with van der Waals surface area (Å²) in [6, 6.07) is 2.09. The predicted molar refractivity (Wildman–Crippen MR) is 62.7 cm³/mol. The molecule has 0 atom stereocenters. The quantitative estimate of drug-likeness (QED) is 0.661.